The molecule has 0 radical (unpaired) electrons. The Labute approximate surface area is 115 Å². The number of anilines is 1. The summed E-state index contributed by atoms with van der Waals surface area (Å²) in [5.74, 6) is 0. The van der Waals surface area contributed by atoms with Crippen molar-refractivity contribution in [1.82, 2.24) is 4.72 Å². The predicted octanol–water partition coefficient (Wildman–Crippen LogP) is 2.44. The van der Waals surface area contributed by atoms with E-state index >= 15 is 0 Å². The SMILES string of the molecule is CNS(=O)(=O)c1ccccc1NC1C(C)(C)C1(C)C. The Balaban J connectivity index is 2.34. The zero-order chi connectivity index (χ0) is 14.5. The second-order valence-electron chi connectivity index (χ2n) is 6.22. The van der Waals surface area contributed by atoms with Gasteiger partial charge >= 0.3 is 0 Å². The molecule has 1 aromatic carbocycles. The minimum atomic E-state index is -3.43. The van der Waals surface area contributed by atoms with Crippen LogP contribution in [0.3, 0.4) is 0 Å². The molecule has 19 heavy (non-hydrogen) atoms. The average molecular weight is 282 g/mol. The fourth-order valence-corrected chi connectivity index (χ4v) is 3.54. The maximum atomic E-state index is 12.0. The van der Waals surface area contributed by atoms with Gasteiger partial charge in [0, 0.05) is 6.04 Å². The number of nitrogens with one attached hydrogen (secondary N) is 2. The molecule has 0 spiro atoms. The molecule has 0 bridgehead atoms. The van der Waals surface area contributed by atoms with Crippen LogP contribution in [0.25, 0.3) is 0 Å². The molecule has 1 aliphatic rings. The van der Waals surface area contributed by atoms with Crippen molar-refractivity contribution in [3.05, 3.63) is 24.3 Å². The van der Waals surface area contributed by atoms with Crippen LogP contribution < -0.4 is 10.0 Å². The molecule has 0 atom stereocenters. The monoisotopic (exact) mass is 282 g/mol. The molecule has 0 aliphatic heterocycles. The summed E-state index contributed by atoms with van der Waals surface area (Å²) >= 11 is 0. The van der Waals surface area contributed by atoms with E-state index < -0.39 is 10.0 Å². The fourth-order valence-electron chi connectivity index (χ4n) is 2.64. The summed E-state index contributed by atoms with van der Waals surface area (Å²) in [6.45, 7) is 8.78. The molecule has 1 aliphatic carbocycles. The summed E-state index contributed by atoms with van der Waals surface area (Å²) in [5.41, 5.74) is 0.980. The van der Waals surface area contributed by atoms with Gasteiger partial charge in [0.1, 0.15) is 4.90 Å². The third kappa shape index (κ3) is 2.15. The van der Waals surface area contributed by atoms with Crippen molar-refractivity contribution in [2.75, 3.05) is 12.4 Å². The van der Waals surface area contributed by atoms with E-state index in [0.29, 0.717) is 10.6 Å². The Morgan fingerprint density at radius 2 is 1.58 bits per heavy atom. The third-order valence-corrected chi connectivity index (χ3v) is 6.24. The molecule has 5 heteroatoms. The first kappa shape index (κ1) is 14.3. The van der Waals surface area contributed by atoms with Crippen LogP contribution in [0.2, 0.25) is 0 Å². The highest BCUT2D eigenvalue weighted by molar-refractivity contribution is 7.89. The Morgan fingerprint density at radius 3 is 2.05 bits per heavy atom. The molecule has 4 nitrogen and oxygen atoms in total. The molecule has 0 aromatic heterocycles. The van der Waals surface area contributed by atoms with Crippen molar-refractivity contribution >= 4 is 15.7 Å². The largest absolute Gasteiger partial charge is 0.380 e. The lowest BCUT2D eigenvalue weighted by molar-refractivity contribution is 0.457. The summed E-state index contributed by atoms with van der Waals surface area (Å²) < 4.78 is 26.4. The van der Waals surface area contributed by atoms with Crippen LogP contribution in [0, 0.1) is 10.8 Å². The average Bonchev–Trinajstić information content (AvgIpc) is 2.72. The van der Waals surface area contributed by atoms with Crippen molar-refractivity contribution in [2.24, 2.45) is 10.8 Å². The number of benzene rings is 1. The van der Waals surface area contributed by atoms with E-state index in [9.17, 15) is 8.42 Å². The minimum absolute atomic E-state index is 0.156. The van der Waals surface area contributed by atoms with E-state index in [0.717, 1.165) is 0 Å². The normalized spacial score (nSPS) is 21.1. The highest BCUT2D eigenvalue weighted by Gasteiger charge is 2.65. The highest BCUT2D eigenvalue weighted by Crippen LogP contribution is 2.63. The molecule has 1 fully saturated rings. The van der Waals surface area contributed by atoms with Gasteiger partial charge in [-0.3, -0.25) is 0 Å². The number of sulfonamides is 1. The van der Waals surface area contributed by atoms with Gasteiger partial charge in [0.15, 0.2) is 0 Å². The Hall–Kier alpha value is -1.07. The maximum Gasteiger partial charge on any atom is 0.242 e. The van der Waals surface area contributed by atoms with Gasteiger partial charge in [0.25, 0.3) is 0 Å². The van der Waals surface area contributed by atoms with Crippen LogP contribution in [-0.2, 0) is 10.0 Å². The van der Waals surface area contributed by atoms with Crippen LogP contribution in [0.1, 0.15) is 27.7 Å². The van der Waals surface area contributed by atoms with Gasteiger partial charge in [0.05, 0.1) is 5.69 Å². The van der Waals surface area contributed by atoms with Crippen LogP contribution in [0.15, 0.2) is 29.2 Å². The standard InChI is InChI=1S/C14H22N2O2S/c1-13(2)12(14(13,3)4)16-10-8-6-7-9-11(10)19(17,18)15-5/h6-9,12,15-16H,1-5H3. The van der Waals surface area contributed by atoms with Crippen LogP contribution in [0.4, 0.5) is 5.69 Å². The van der Waals surface area contributed by atoms with E-state index in [1.165, 1.54) is 7.05 Å². The lowest BCUT2D eigenvalue weighted by Crippen LogP contribution is -2.21. The molecule has 1 aromatic rings. The summed E-state index contributed by atoms with van der Waals surface area (Å²) in [7, 11) is -2.01. The van der Waals surface area contributed by atoms with Crippen molar-refractivity contribution < 1.29 is 8.42 Å². The van der Waals surface area contributed by atoms with E-state index in [1.807, 2.05) is 12.1 Å². The third-order valence-electron chi connectivity index (χ3n) is 4.77. The minimum Gasteiger partial charge on any atom is -0.380 e. The van der Waals surface area contributed by atoms with E-state index in [1.54, 1.807) is 12.1 Å². The summed E-state index contributed by atoms with van der Waals surface area (Å²) in [6, 6.07) is 7.29. The Kier molecular flexibility index (Phi) is 3.18. The first-order valence-electron chi connectivity index (χ1n) is 6.43. The van der Waals surface area contributed by atoms with Crippen LogP contribution in [-0.4, -0.2) is 21.5 Å². The second-order valence-corrected chi connectivity index (χ2v) is 8.08. The maximum absolute atomic E-state index is 12.0. The smallest absolute Gasteiger partial charge is 0.242 e. The molecule has 0 amide bonds. The van der Waals surface area contributed by atoms with Gasteiger partial charge in [-0.05, 0) is 30.0 Å². The van der Waals surface area contributed by atoms with Crippen molar-refractivity contribution in [1.29, 1.82) is 0 Å². The molecular weight excluding hydrogens is 260 g/mol. The van der Waals surface area contributed by atoms with Gasteiger partial charge in [-0.15, -0.1) is 0 Å². The molecule has 1 saturated carbocycles. The van der Waals surface area contributed by atoms with Crippen molar-refractivity contribution in [2.45, 2.75) is 38.6 Å². The zero-order valence-corrected chi connectivity index (χ0v) is 12.9. The zero-order valence-electron chi connectivity index (χ0n) is 12.1. The van der Waals surface area contributed by atoms with Crippen molar-refractivity contribution in [3.63, 3.8) is 0 Å². The van der Waals surface area contributed by atoms with E-state index in [2.05, 4.69) is 37.7 Å². The lowest BCUT2D eigenvalue weighted by Gasteiger charge is -2.13. The predicted molar refractivity (Wildman–Crippen MR) is 77.7 cm³/mol. The molecule has 106 valence electrons. The van der Waals surface area contributed by atoms with E-state index in [4.69, 9.17) is 0 Å². The molecular formula is C14H22N2O2S. The van der Waals surface area contributed by atoms with Gasteiger partial charge in [-0.1, -0.05) is 39.8 Å². The van der Waals surface area contributed by atoms with Gasteiger partial charge in [-0.2, -0.15) is 0 Å². The Morgan fingerprint density at radius 1 is 1.05 bits per heavy atom. The van der Waals surface area contributed by atoms with Crippen molar-refractivity contribution in [3.8, 4) is 0 Å². The van der Waals surface area contributed by atoms with Gasteiger partial charge in [-0.25, -0.2) is 13.1 Å². The fraction of sp³-hybridized carbons (Fsp3) is 0.571. The summed E-state index contributed by atoms with van der Waals surface area (Å²) in [5, 5.41) is 3.39. The first-order chi connectivity index (χ1) is 8.64. The topological polar surface area (TPSA) is 58.2 Å². The molecule has 2 rings (SSSR count). The second kappa shape index (κ2) is 4.21. The first-order valence-corrected chi connectivity index (χ1v) is 7.92. The van der Waals surface area contributed by atoms with E-state index in [-0.39, 0.29) is 16.9 Å². The summed E-state index contributed by atoms with van der Waals surface area (Å²) in [6.07, 6.45) is 0. The molecule has 0 saturated heterocycles. The Bertz CT molecular complexity index is 577. The van der Waals surface area contributed by atoms with Gasteiger partial charge < -0.3 is 5.32 Å². The van der Waals surface area contributed by atoms with Crippen LogP contribution in [0.5, 0.6) is 0 Å². The number of hydrogen-bond donors (Lipinski definition) is 2. The quantitative estimate of drug-likeness (QED) is 0.892. The molecule has 0 heterocycles. The lowest BCUT2D eigenvalue weighted by atomic mass is 10.0. The van der Waals surface area contributed by atoms with Crippen LogP contribution >= 0.6 is 0 Å². The number of rotatable bonds is 4. The van der Waals surface area contributed by atoms with Gasteiger partial charge in [0.2, 0.25) is 10.0 Å². The number of para-hydroxylation sites is 1. The molecule has 2 N–H and O–H groups in total. The highest BCUT2D eigenvalue weighted by atomic mass is 32.2. The summed E-state index contributed by atoms with van der Waals surface area (Å²) in [4.78, 5) is 0.302. The number of hydrogen-bond acceptors (Lipinski definition) is 3. The molecule has 0 unspecified atom stereocenters.